The Morgan fingerprint density at radius 3 is 2.52 bits per heavy atom. The minimum absolute atomic E-state index is 0.161. The van der Waals surface area contributed by atoms with Gasteiger partial charge in [-0.2, -0.15) is 4.98 Å². The first kappa shape index (κ1) is 25.2. The molecule has 0 radical (unpaired) electrons. The van der Waals surface area contributed by atoms with E-state index in [2.05, 4.69) is 27.3 Å². The molecule has 0 amide bonds. The normalized spacial score (nSPS) is 20.5. The summed E-state index contributed by atoms with van der Waals surface area (Å²) >= 11 is 0. The third kappa shape index (κ3) is 8.51. The van der Waals surface area contributed by atoms with Gasteiger partial charge < -0.3 is 15.8 Å². The summed E-state index contributed by atoms with van der Waals surface area (Å²) in [5.74, 6) is 0.630. The van der Waals surface area contributed by atoms with Crippen LogP contribution in [0, 0.1) is 6.92 Å². The number of hydrogen-bond acceptors (Lipinski definition) is 6. The number of aromatic nitrogens is 2. The molecule has 1 fully saturated rings. The zero-order valence-electron chi connectivity index (χ0n) is 19.1. The van der Waals surface area contributed by atoms with Gasteiger partial charge in [0.1, 0.15) is 12.0 Å². The molecule has 1 aliphatic heterocycles. The first-order valence-electron chi connectivity index (χ1n) is 11.8. The zero-order valence-corrected chi connectivity index (χ0v) is 19.1. The molecule has 9 heteroatoms. The Balaban J connectivity index is 1.71. The van der Waals surface area contributed by atoms with Crippen molar-refractivity contribution in [3.05, 3.63) is 32.7 Å². The Morgan fingerprint density at radius 1 is 1.23 bits per heavy atom. The van der Waals surface area contributed by atoms with Crippen LogP contribution in [0.15, 0.2) is 16.1 Å². The molecular formula is C22H39N7O2. The number of unbranched alkanes of at least 4 members (excludes halogenated alkanes) is 9. The van der Waals surface area contributed by atoms with Crippen molar-refractivity contribution in [2.75, 3.05) is 18.4 Å². The maximum Gasteiger partial charge on any atom is 0.351 e. The molecule has 0 saturated carbocycles. The van der Waals surface area contributed by atoms with Crippen LogP contribution in [0.2, 0.25) is 0 Å². The molecule has 9 nitrogen and oxygen atoms in total. The van der Waals surface area contributed by atoms with Crippen LogP contribution in [0.5, 0.6) is 0 Å². The number of nitrogens with two attached hydrogens (primary N) is 1. The van der Waals surface area contributed by atoms with E-state index in [1.165, 1.54) is 62.4 Å². The smallest absolute Gasteiger partial charge is 0.351 e. The molecule has 1 aromatic heterocycles. The second-order valence-corrected chi connectivity index (χ2v) is 8.51. The summed E-state index contributed by atoms with van der Waals surface area (Å²) in [5.41, 5.74) is 15.1. The standard InChI is InChI=1S/C22H39N7O2/c1-3-4-5-6-7-8-9-10-11-12-13-25-21-17(2)16-29(22(30)27-21)20-14-18(23)19(31-20)15-26-28-24/h16,18-20H,3-15,23H2,1-2H3,(H,25,27,30)/t18-,19+,20+/m0/s1. The quantitative estimate of drug-likeness (QED) is 0.177. The van der Waals surface area contributed by atoms with E-state index in [4.69, 9.17) is 16.0 Å². The van der Waals surface area contributed by atoms with Crippen LogP contribution >= 0.6 is 0 Å². The molecule has 1 saturated heterocycles. The monoisotopic (exact) mass is 433 g/mol. The van der Waals surface area contributed by atoms with Gasteiger partial charge in [0.25, 0.3) is 0 Å². The van der Waals surface area contributed by atoms with Gasteiger partial charge in [-0.1, -0.05) is 69.8 Å². The average Bonchev–Trinajstić information content (AvgIpc) is 3.12. The van der Waals surface area contributed by atoms with Crippen LogP contribution in [0.1, 0.15) is 89.3 Å². The molecule has 2 rings (SSSR count). The lowest BCUT2D eigenvalue weighted by atomic mass is 10.1. The highest BCUT2D eigenvalue weighted by atomic mass is 16.5. The van der Waals surface area contributed by atoms with Crippen LogP contribution in [0.3, 0.4) is 0 Å². The van der Waals surface area contributed by atoms with E-state index in [9.17, 15) is 4.79 Å². The Kier molecular flexibility index (Phi) is 11.4. The van der Waals surface area contributed by atoms with Gasteiger partial charge in [0.2, 0.25) is 0 Å². The lowest BCUT2D eigenvalue weighted by Gasteiger charge is -2.17. The molecule has 174 valence electrons. The van der Waals surface area contributed by atoms with E-state index in [1.54, 1.807) is 6.20 Å². The van der Waals surface area contributed by atoms with E-state index in [1.807, 2.05) is 6.92 Å². The Bertz CT molecular complexity index is 761. The largest absolute Gasteiger partial charge is 0.370 e. The van der Waals surface area contributed by atoms with Gasteiger partial charge in [-0.15, -0.1) is 0 Å². The summed E-state index contributed by atoms with van der Waals surface area (Å²) in [4.78, 5) is 19.5. The summed E-state index contributed by atoms with van der Waals surface area (Å²) in [7, 11) is 0. The third-order valence-electron chi connectivity index (χ3n) is 5.88. The van der Waals surface area contributed by atoms with Crippen molar-refractivity contribution >= 4 is 5.82 Å². The third-order valence-corrected chi connectivity index (χ3v) is 5.88. The summed E-state index contributed by atoms with van der Waals surface area (Å²) < 4.78 is 7.31. The summed E-state index contributed by atoms with van der Waals surface area (Å²) in [6.45, 7) is 5.15. The number of azide groups is 1. The number of nitrogens with one attached hydrogen (secondary N) is 1. The average molecular weight is 434 g/mol. The Morgan fingerprint density at radius 2 is 1.87 bits per heavy atom. The lowest BCUT2D eigenvalue weighted by Crippen LogP contribution is -2.32. The van der Waals surface area contributed by atoms with Crippen LogP contribution < -0.4 is 16.7 Å². The van der Waals surface area contributed by atoms with Crippen LogP contribution in [-0.4, -0.2) is 34.8 Å². The van der Waals surface area contributed by atoms with E-state index < -0.39 is 6.23 Å². The molecule has 3 atom stereocenters. The van der Waals surface area contributed by atoms with Crippen LogP contribution in [-0.2, 0) is 4.74 Å². The molecule has 0 spiro atoms. The van der Waals surface area contributed by atoms with Crippen molar-refractivity contribution in [3.8, 4) is 0 Å². The van der Waals surface area contributed by atoms with Crippen molar-refractivity contribution in [2.24, 2.45) is 10.8 Å². The lowest BCUT2D eigenvalue weighted by molar-refractivity contribution is 0.00174. The van der Waals surface area contributed by atoms with Crippen LogP contribution in [0.4, 0.5) is 5.82 Å². The van der Waals surface area contributed by atoms with Gasteiger partial charge in [0, 0.05) is 35.7 Å². The topological polar surface area (TPSA) is 131 Å². The molecular weight excluding hydrogens is 394 g/mol. The van der Waals surface area contributed by atoms with E-state index >= 15 is 0 Å². The maximum absolute atomic E-state index is 12.5. The molecule has 1 aliphatic rings. The zero-order chi connectivity index (χ0) is 22.5. The van der Waals surface area contributed by atoms with E-state index in [-0.39, 0.29) is 24.4 Å². The maximum atomic E-state index is 12.5. The second kappa shape index (κ2) is 14.1. The van der Waals surface area contributed by atoms with Gasteiger partial charge in [-0.3, -0.25) is 4.57 Å². The highest BCUT2D eigenvalue weighted by molar-refractivity contribution is 5.41. The molecule has 3 N–H and O–H groups in total. The Labute approximate surface area is 185 Å². The van der Waals surface area contributed by atoms with Gasteiger partial charge in [-0.25, -0.2) is 4.79 Å². The van der Waals surface area contributed by atoms with Crippen molar-refractivity contribution in [1.29, 1.82) is 0 Å². The molecule has 0 bridgehead atoms. The number of rotatable bonds is 15. The van der Waals surface area contributed by atoms with E-state index in [0.29, 0.717) is 12.2 Å². The predicted molar refractivity (Wildman–Crippen MR) is 124 cm³/mol. The SMILES string of the molecule is CCCCCCCCCCCCNc1nc(=O)n([C@H]2C[C@H](N)[C@@H](CN=[N+]=[N-])O2)cc1C. The van der Waals surface area contributed by atoms with Crippen molar-refractivity contribution in [2.45, 2.75) is 103 Å². The number of hydrogen-bond donors (Lipinski definition) is 2. The summed E-state index contributed by atoms with van der Waals surface area (Å²) in [6.07, 6.45) is 14.3. The minimum atomic E-state index is -0.483. The van der Waals surface area contributed by atoms with Gasteiger partial charge in [0.15, 0.2) is 0 Å². The van der Waals surface area contributed by atoms with Crippen molar-refractivity contribution < 1.29 is 4.74 Å². The van der Waals surface area contributed by atoms with Crippen LogP contribution in [0.25, 0.3) is 10.4 Å². The highest BCUT2D eigenvalue weighted by Gasteiger charge is 2.34. The minimum Gasteiger partial charge on any atom is -0.370 e. The first-order chi connectivity index (χ1) is 15.1. The number of anilines is 1. The van der Waals surface area contributed by atoms with E-state index in [0.717, 1.165) is 18.5 Å². The fourth-order valence-electron chi connectivity index (χ4n) is 3.99. The number of aryl methyl sites for hydroxylation is 1. The molecule has 0 unspecified atom stereocenters. The fourth-order valence-corrected chi connectivity index (χ4v) is 3.99. The predicted octanol–water partition coefficient (Wildman–Crippen LogP) is 4.81. The van der Waals surface area contributed by atoms with Crippen molar-refractivity contribution in [1.82, 2.24) is 9.55 Å². The number of ether oxygens (including phenoxy) is 1. The second-order valence-electron chi connectivity index (χ2n) is 8.51. The molecule has 0 aliphatic carbocycles. The van der Waals surface area contributed by atoms with Crippen molar-refractivity contribution in [3.63, 3.8) is 0 Å². The Hall–Kier alpha value is -2.09. The first-order valence-corrected chi connectivity index (χ1v) is 11.8. The van der Waals surface area contributed by atoms with Gasteiger partial charge in [-0.05, 0) is 18.9 Å². The molecule has 31 heavy (non-hydrogen) atoms. The fraction of sp³-hybridized carbons (Fsp3) is 0.818. The summed E-state index contributed by atoms with van der Waals surface area (Å²) in [5, 5.41) is 6.83. The highest BCUT2D eigenvalue weighted by Crippen LogP contribution is 2.27. The van der Waals surface area contributed by atoms with Gasteiger partial charge >= 0.3 is 5.69 Å². The number of nitrogens with zero attached hydrogens (tertiary/aromatic N) is 5. The molecule has 1 aromatic rings. The summed E-state index contributed by atoms with van der Waals surface area (Å²) in [6, 6.07) is -0.281. The molecule has 2 heterocycles. The van der Waals surface area contributed by atoms with Gasteiger partial charge in [0.05, 0.1) is 12.6 Å². The molecule has 0 aromatic carbocycles.